The van der Waals surface area contributed by atoms with Crippen LogP contribution in [0, 0.1) is 0 Å². The Morgan fingerprint density at radius 3 is 2.97 bits per heavy atom. The van der Waals surface area contributed by atoms with Crippen molar-refractivity contribution in [2.45, 2.75) is 32.4 Å². The zero-order valence-electron chi connectivity index (χ0n) is 16.6. The van der Waals surface area contributed by atoms with Crippen molar-refractivity contribution in [2.24, 2.45) is 0 Å². The smallest absolute Gasteiger partial charge is 0.268 e. The molecule has 0 aliphatic carbocycles. The molecule has 3 aromatic rings. The highest BCUT2D eigenvalue weighted by molar-refractivity contribution is 5.98. The van der Waals surface area contributed by atoms with Crippen molar-refractivity contribution in [3.05, 3.63) is 52.4 Å². The van der Waals surface area contributed by atoms with Crippen LogP contribution in [0.4, 0.5) is 5.82 Å². The third-order valence-electron chi connectivity index (χ3n) is 5.31. The molecule has 3 heterocycles. The van der Waals surface area contributed by atoms with E-state index in [4.69, 9.17) is 4.74 Å². The Hall–Kier alpha value is -3.29. The van der Waals surface area contributed by atoms with Gasteiger partial charge in [-0.2, -0.15) is 5.10 Å². The molecule has 1 atom stereocenters. The van der Waals surface area contributed by atoms with Crippen LogP contribution in [0.25, 0.3) is 10.9 Å². The molecule has 2 aromatic heterocycles. The van der Waals surface area contributed by atoms with Crippen LogP contribution in [0.1, 0.15) is 30.3 Å². The van der Waals surface area contributed by atoms with Crippen LogP contribution in [0.3, 0.4) is 0 Å². The predicted octanol–water partition coefficient (Wildman–Crippen LogP) is 2.15. The van der Waals surface area contributed by atoms with Gasteiger partial charge in [-0.05, 0) is 44.0 Å². The van der Waals surface area contributed by atoms with Crippen molar-refractivity contribution in [1.29, 1.82) is 0 Å². The predicted molar refractivity (Wildman–Crippen MR) is 112 cm³/mol. The van der Waals surface area contributed by atoms with Crippen molar-refractivity contribution in [1.82, 2.24) is 20.1 Å². The number of ether oxygens (including phenoxy) is 1. The number of nitrogens with one attached hydrogen (secondary N) is 2. The molecular formula is C21H25N5O3. The molecule has 1 amide bonds. The van der Waals surface area contributed by atoms with E-state index in [1.807, 2.05) is 31.2 Å². The third-order valence-corrected chi connectivity index (χ3v) is 5.31. The molecule has 8 heteroatoms. The van der Waals surface area contributed by atoms with E-state index in [1.54, 1.807) is 19.2 Å². The van der Waals surface area contributed by atoms with Gasteiger partial charge in [0, 0.05) is 48.7 Å². The number of aromatic amines is 1. The maximum absolute atomic E-state index is 12.8. The Balaban J connectivity index is 1.46. The van der Waals surface area contributed by atoms with E-state index in [1.165, 1.54) is 4.68 Å². The highest BCUT2D eigenvalue weighted by atomic mass is 16.5. The number of fused-ring (bicyclic) bond motifs is 1. The minimum atomic E-state index is -0.126. The van der Waals surface area contributed by atoms with Gasteiger partial charge in [-0.15, -0.1) is 0 Å². The van der Waals surface area contributed by atoms with Crippen LogP contribution in [-0.2, 0) is 6.54 Å². The number of hydrogen-bond acceptors (Lipinski definition) is 5. The lowest BCUT2D eigenvalue weighted by Crippen LogP contribution is -2.48. The number of piperidine rings is 1. The number of anilines is 1. The summed E-state index contributed by atoms with van der Waals surface area (Å²) in [4.78, 5) is 29.8. The first kappa shape index (κ1) is 19.0. The fourth-order valence-electron chi connectivity index (χ4n) is 3.76. The number of carbonyl (C=O) groups excluding carboxylic acids is 1. The number of amides is 1. The minimum Gasteiger partial charge on any atom is -0.497 e. The number of methoxy groups -OCH3 is 1. The fourth-order valence-corrected chi connectivity index (χ4v) is 3.76. The molecule has 1 fully saturated rings. The summed E-state index contributed by atoms with van der Waals surface area (Å²) in [6.45, 7) is 3.95. The summed E-state index contributed by atoms with van der Waals surface area (Å²) in [5.41, 5.74) is 1.29. The molecule has 29 heavy (non-hydrogen) atoms. The average Bonchev–Trinajstić information content (AvgIpc) is 3.17. The van der Waals surface area contributed by atoms with Crippen LogP contribution in [-0.4, -0.2) is 46.9 Å². The summed E-state index contributed by atoms with van der Waals surface area (Å²) in [6.07, 6.45) is 1.85. The van der Waals surface area contributed by atoms with Gasteiger partial charge < -0.3 is 19.9 Å². The molecule has 0 bridgehead atoms. The van der Waals surface area contributed by atoms with Gasteiger partial charge in [0.1, 0.15) is 17.3 Å². The van der Waals surface area contributed by atoms with Crippen molar-refractivity contribution in [3.8, 4) is 5.75 Å². The zero-order valence-corrected chi connectivity index (χ0v) is 16.6. The van der Waals surface area contributed by atoms with E-state index >= 15 is 0 Å². The van der Waals surface area contributed by atoms with Crippen LogP contribution < -0.4 is 20.5 Å². The Labute approximate surface area is 168 Å². The van der Waals surface area contributed by atoms with Gasteiger partial charge in [0.05, 0.1) is 7.11 Å². The van der Waals surface area contributed by atoms with Crippen LogP contribution in [0.2, 0.25) is 0 Å². The molecule has 1 aromatic carbocycles. The lowest BCUT2D eigenvalue weighted by atomic mass is 10.1. The topological polar surface area (TPSA) is 92.2 Å². The molecule has 1 aliphatic rings. The zero-order chi connectivity index (χ0) is 20.4. The second-order valence-corrected chi connectivity index (χ2v) is 7.24. The molecule has 2 N–H and O–H groups in total. The van der Waals surface area contributed by atoms with Crippen molar-refractivity contribution in [3.63, 3.8) is 0 Å². The first-order valence-electron chi connectivity index (χ1n) is 9.88. The van der Waals surface area contributed by atoms with E-state index in [0.717, 1.165) is 41.9 Å². The first-order valence-corrected chi connectivity index (χ1v) is 9.88. The fraction of sp³-hybridized carbons (Fsp3) is 0.381. The van der Waals surface area contributed by atoms with E-state index in [9.17, 15) is 9.59 Å². The van der Waals surface area contributed by atoms with Crippen molar-refractivity contribution < 1.29 is 9.53 Å². The summed E-state index contributed by atoms with van der Waals surface area (Å²) >= 11 is 0. The summed E-state index contributed by atoms with van der Waals surface area (Å²) in [7, 11) is 1.62. The lowest BCUT2D eigenvalue weighted by Gasteiger charge is -2.33. The highest BCUT2D eigenvalue weighted by Gasteiger charge is 2.24. The second kappa shape index (κ2) is 7.98. The normalized spacial score (nSPS) is 16.8. The minimum absolute atomic E-state index is 0.0148. The molecule has 0 radical (unpaired) electrons. The SMILES string of the molecule is CCn1nc(N2CCCC(NC(=O)c3cc4ccc(OC)cc4[nH]3)C2)ccc1=O. The summed E-state index contributed by atoms with van der Waals surface area (Å²) in [5.74, 6) is 1.39. The molecule has 4 rings (SSSR count). The highest BCUT2D eigenvalue weighted by Crippen LogP contribution is 2.22. The second-order valence-electron chi connectivity index (χ2n) is 7.24. The molecule has 8 nitrogen and oxygen atoms in total. The number of aromatic nitrogens is 3. The van der Waals surface area contributed by atoms with E-state index < -0.39 is 0 Å². The van der Waals surface area contributed by atoms with Gasteiger partial charge >= 0.3 is 0 Å². The number of H-pyrrole nitrogens is 1. The molecule has 0 saturated carbocycles. The Morgan fingerprint density at radius 1 is 1.31 bits per heavy atom. The summed E-state index contributed by atoms with van der Waals surface area (Å²) < 4.78 is 6.69. The monoisotopic (exact) mass is 395 g/mol. The molecule has 0 spiro atoms. The molecule has 1 unspecified atom stereocenters. The van der Waals surface area contributed by atoms with Gasteiger partial charge in [0.25, 0.3) is 11.5 Å². The number of nitrogens with zero attached hydrogens (tertiary/aromatic N) is 3. The van der Waals surface area contributed by atoms with E-state index in [2.05, 4.69) is 20.3 Å². The van der Waals surface area contributed by atoms with Crippen molar-refractivity contribution >= 4 is 22.6 Å². The number of aryl methyl sites for hydroxylation is 1. The van der Waals surface area contributed by atoms with Gasteiger partial charge in [-0.3, -0.25) is 9.59 Å². The van der Waals surface area contributed by atoms with E-state index in [-0.39, 0.29) is 17.5 Å². The Bertz CT molecular complexity index is 1090. The number of hydrogen-bond donors (Lipinski definition) is 2. The average molecular weight is 395 g/mol. The molecular weight excluding hydrogens is 370 g/mol. The van der Waals surface area contributed by atoms with E-state index in [0.29, 0.717) is 18.8 Å². The number of rotatable bonds is 5. The number of benzene rings is 1. The van der Waals surface area contributed by atoms with Gasteiger partial charge in [-0.25, -0.2) is 4.68 Å². The van der Waals surface area contributed by atoms with Crippen LogP contribution in [0.5, 0.6) is 5.75 Å². The summed E-state index contributed by atoms with van der Waals surface area (Å²) in [5, 5.41) is 8.52. The standard InChI is InChI=1S/C21H25N5O3/c1-3-26-20(27)9-8-19(24-26)25-10-4-5-15(13-25)22-21(28)18-11-14-6-7-16(29-2)12-17(14)23-18/h6-9,11-12,15,23H,3-5,10,13H2,1-2H3,(H,22,28). The lowest BCUT2D eigenvalue weighted by molar-refractivity contribution is 0.0929. The Morgan fingerprint density at radius 2 is 2.17 bits per heavy atom. The Kier molecular flexibility index (Phi) is 5.24. The van der Waals surface area contributed by atoms with Crippen molar-refractivity contribution in [2.75, 3.05) is 25.1 Å². The molecule has 1 saturated heterocycles. The van der Waals surface area contributed by atoms with Gasteiger partial charge in [0.15, 0.2) is 0 Å². The summed E-state index contributed by atoms with van der Waals surface area (Å²) in [6, 6.07) is 10.8. The van der Waals surface area contributed by atoms with Gasteiger partial charge in [0.2, 0.25) is 0 Å². The van der Waals surface area contributed by atoms with Crippen LogP contribution >= 0.6 is 0 Å². The van der Waals surface area contributed by atoms with Gasteiger partial charge in [-0.1, -0.05) is 0 Å². The maximum atomic E-state index is 12.8. The third kappa shape index (κ3) is 3.96. The largest absolute Gasteiger partial charge is 0.497 e. The first-order chi connectivity index (χ1) is 14.1. The molecule has 152 valence electrons. The maximum Gasteiger partial charge on any atom is 0.268 e. The van der Waals surface area contributed by atoms with Crippen LogP contribution in [0.15, 0.2) is 41.2 Å². The molecule has 1 aliphatic heterocycles. The number of carbonyl (C=O) groups is 1. The quantitative estimate of drug-likeness (QED) is 0.691.